The number of aromatic nitrogens is 3. The molecule has 4 heterocycles. The van der Waals surface area contributed by atoms with Gasteiger partial charge in [0.25, 0.3) is 0 Å². The number of aliphatic hydroxyl groups is 4. The number of alkyl halides is 2. The van der Waals surface area contributed by atoms with Crippen LogP contribution in [0.4, 0.5) is 4.39 Å². The zero-order chi connectivity index (χ0) is 50.5. The molecule has 384 valence electrons. The number of benzene rings is 1. The lowest BCUT2D eigenvalue weighted by Crippen LogP contribution is -2.60. The Morgan fingerprint density at radius 1 is 1.12 bits per heavy atom. The molecule has 0 amide bonds. The van der Waals surface area contributed by atoms with E-state index in [2.05, 4.69) is 20.8 Å². The number of nitrogens with one attached hydrogen (secondary N) is 1. The highest BCUT2D eigenvalue weighted by molar-refractivity contribution is 14.1. The quantitative estimate of drug-likeness (QED) is 0.0599. The fourth-order valence-corrected chi connectivity index (χ4v) is 10.7. The second-order valence-corrected chi connectivity index (χ2v) is 22.6. The molecule has 0 aliphatic carbocycles. The molecule has 3 saturated heterocycles. The molecule has 16 atom stereocenters. The van der Waals surface area contributed by atoms with E-state index in [9.17, 15) is 42.8 Å². The van der Waals surface area contributed by atoms with E-state index in [4.69, 9.17) is 23.8 Å². The number of aliphatic hydroxyl groups excluding tert-OH is 3. The van der Waals surface area contributed by atoms with Gasteiger partial charge < -0.3 is 54.4 Å². The first kappa shape index (κ1) is 56.1. The molecule has 3 aliphatic heterocycles. The first-order valence-corrected chi connectivity index (χ1v) is 26.4. The average molecular weight is 1100 g/mol. The number of rotatable bonds is 14. The van der Waals surface area contributed by atoms with Crippen LogP contribution in [0.2, 0.25) is 0 Å². The van der Waals surface area contributed by atoms with Gasteiger partial charge in [-0.05, 0) is 107 Å². The minimum atomic E-state index is -3.47. The van der Waals surface area contributed by atoms with Crippen molar-refractivity contribution in [3.8, 4) is 0 Å². The fourth-order valence-electron chi connectivity index (χ4n) is 9.48. The van der Waals surface area contributed by atoms with E-state index in [0.717, 1.165) is 25.6 Å². The number of hydrogen-bond acceptors (Lipinski definition) is 18. The third-order valence-corrected chi connectivity index (χ3v) is 16.6. The smallest absolute Gasteiger partial charge is 0.317 e. The number of oxime groups is 1. The molecule has 19 nitrogen and oxygen atoms in total. The molecule has 0 unspecified atom stereocenters. The predicted molar refractivity (Wildman–Crippen MR) is 256 cm³/mol. The molecular weight excluding hydrogens is 1020 g/mol. The van der Waals surface area contributed by atoms with Gasteiger partial charge in [0.15, 0.2) is 26.0 Å². The minimum absolute atomic E-state index is 0.0685. The number of nitrogens with zero attached hydrogens (tertiary/aromatic N) is 5. The maximum Gasteiger partial charge on any atom is 0.317 e. The van der Waals surface area contributed by atoms with Crippen LogP contribution in [0.5, 0.6) is 0 Å². The van der Waals surface area contributed by atoms with Gasteiger partial charge in [-0.15, -0.1) is 5.10 Å². The lowest BCUT2D eigenvalue weighted by molar-refractivity contribution is -0.295. The van der Waals surface area contributed by atoms with Crippen molar-refractivity contribution in [3.05, 3.63) is 41.7 Å². The summed E-state index contributed by atoms with van der Waals surface area (Å²) in [6.07, 6.45) is -2.02. The molecule has 2 aromatic rings. The number of ketones is 1. The lowest BCUT2D eigenvalue weighted by atomic mass is 9.75. The average Bonchev–Trinajstić information content (AvgIpc) is 3.78. The van der Waals surface area contributed by atoms with Crippen LogP contribution in [0.25, 0.3) is 0 Å². The Labute approximate surface area is 412 Å². The van der Waals surface area contributed by atoms with Crippen LogP contribution in [0.1, 0.15) is 97.6 Å². The van der Waals surface area contributed by atoms with Crippen molar-refractivity contribution in [3.63, 3.8) is 0 Å². The fraction of sp³-hybridized carbons (Fsp3) is 0.761. The second-order valence-electron chi connectivity index (χ2n) is 19.4. The van der Waals surface area contributed by atoms with E-state index >= 15 is 0 Å². The Bertz CT molecular complexity index is 2130. The third-order valence-electron chi connectivity index (χ3n) is 14.0. The van der Waals surface area contributed by atoms with Crippen molar-refractivity contribution in [2.45, 2.75) is 156 Å². The number of hydrogen-bond donors (Lipinski definition) is 5. The van der Waals surface area contributed by atoms with Gasteiger partial charge in [-0.1, -0.05) is 43.3 Å². The summed E-state index contributed by atoms with van der Waals surface area (Å²) in [5, 5.41) is 62.8. The zero-order valence-corrected chi connectivity index (χ0v) is 43.7. The minimum Gasteiger partial charge on any atom is -0.448 e. The summed E-state index contributed by atoms with van der Waals surface area (Å²) in [4.78, 5) is 36.0. The monoisotopic (exact) mass is 1090 g/mol. The SMILES string of the molecule is CO[C@]1(C)C[C@@H](C)/C(=N\O[C@@H]2CCCNC2)[C@H](C)[C@@H](O)[C@](C)(O)[C@@H](I)OC(=O)[C@H](C)C(=O)[C@H](C)[C@H]1O[C@@H]1O[C@H](C)C[C@H](N(C)CCc2cn([C@H](CF)[C@H](O)c3ccc(S(C)(=O)=O)cc3)nn2)[C@H]1O. The number of cyclic esters (lactones) is 1. The normalized spacial score (nSPS) is 36.5. The molecule has 1 aromatic heterocycles. The van der Waals surface area contributed by atoms with Gasteiger partial charge in [0, 0.05) is 62.9 Å². The van der Waals surface area contributed by atoms with E-state index in [-0.39, 0.29) is 17.4 Å². The molecule has 0 saturated carbocycles. The molecular formula is C46H72FIN6O13S. The highest BCUT2D eigenvalue weighted by Gasteiger charge is 2.52. The Hall–Kier alpha value is -2.78. The Kier molecular flexibility index (Phi) is 19.5. The van der Waals surface area contributed by atoms with Crippen LogP contribution in [0.15, 0.2) is 40.5 Å². The molecule has 0 bridgehead atoms. The Balaban J connectivity index is 1.38. The van der Waals surface area contributed by atoms with Crippen molar-refractivity contribution in [1.29, 1.82) is 0 Å². The molecule has 5 N–H and O–H groups in total. The Morgan fingerprint density at radius 2 is 1.79 bits per heavy atom. The highest BCUT2D eigenvalue weighted by Crippen LogP contribution is 2.39. The maximum absolute atomic E-state index is 14.4. The summed E-state index contributed by atoms with van der Waals surface area (Å²) < 4.78 is 63.2. The molecule has 5 rings (SSSR count). The van der Waals surface area contributed by atoms with Crippen LogP contribution in [0.3, 0.4) is 0 Å². The van der Waals surface area contributed by atoms with Crippen LogP contribution in [0, 0.1) is 23.7 Å². The van der Waals surface area contributed by atoms with Crippen LogP contribution in [-0.4, -0.2) is 171 Å². The molecule has 1 aromatic carbocycles. The number of halogens is 2. The van der Waals surface area contributed by atoms with Crippen molar-refractivity contribution in [1.82, 2.24) is 25.2 Å². The van der Waals surface area contributed by atoms with Crippen LogP contribution >= 0.6 is 22.6 Å². The van der Waals surface area contributed by atoms with E-state index in [0.29, 0.717) is 42.9 Å². The highest BCUT2D eigenvalue weighted by atomic mass is 127. The third kappa shape index (κ3) is 13.2. The summed E-state index contributed by atoms with van der Waals surface area (Å²) in [5.41, 5.74) is -2.08. The van der Waals surface area contributed by atoms with Gasteiger partial charge >= 0.3 is 5.97 Å². The van der Waals surface area contributed by atoms with E-state index in [1.165, 1.54) is 56.1 Å². The van der Waals surface area contributed by atoms with Crippen molar-refractivity contribution < 1.29 is 66.6 Å². The van der Waals surface area contributed by atoms with Gasteiger partial charge in [0.05, 0.1) is 40.2 Å². The first-order chi connectivity index (χ1) is 31.8. The van der Waals surface area contributed by atoms with E-state index in [1.807, 2.05) is 25.8 Å². The van der Waals surface area contributed by atoms with E-state index in [1.54, 1.807) is 43.4 Å². The molecule has 22 heteroatoms. The number of carbonyl (C=O) groups is 2. The number of piperidine rings is 1. The van der Waals surface area contributed by atoms with Crippen molar-refractivity contribution in [2.24, 2.45) is 28.8 Å². The van der Waals surface area contributed by atoms with Crippen LogP contribution < -0.4 is 5.32 Å². The predicted octanol–water partition coefficient (Wildman–Crippen LogP) is 3.11. The largest absolute Gasteiger partial charge is 0.448 e. The number of likely N-dealkylation sites (N-methyl/N-ethyl adjacent to an activating group) is 1. The molecule has 3 aliphatic rings. The van der Waals surface area contributed by atoms with Gasteiger partial charge in [0.1, 0.15) is 42.5 Å². The summed E-state index contributed by atoms with van der Waals surface area (Å²) in [6.45, 7) is 12.4. The molecule has 0 spiro atoms. The molecule has 0 radical (unpaired) electrons. The zero-order valence-electron chi connectivity index (χ0n) is 40.7. The topological polar surface area (TPSA) is 254 Å². The van der Waals surface area contributed by atoms with Crippen LogP contribution in [-0.2, 0) is 49.6 Å². The summed E-state index contributed by atoms with van der Waals surface area (Å²) in [6, 6.07) is 3.90. The number of ether oxygens (including phenoxy) is 4. The Morgan fingerprint density at radius 3 is 2.40 bits per heavy atom. The molecule has 3 fully saturated rings. The van der Waals surface area contributed by atoms with E-state index < -0.39 is 116 Å². The first-order valence-electron chi connectivity index (χ1n) is 23.3. The maximum atomic E-state index is 14.4. The molecule has 68 heavy (non-hydrogen) atoms. The number of Topliss-reactive ketones (excluding diaryl/α,β-unsaturated/α-hetero) is 1. The standard InChI is InChI=1S/C46H72FIN6O13S/c1-25-21-45(6,63-9)41(28(4)37(55)29(5)42(59)66-44(48)46(7,60)40(58)27(3)36(25)51-67-32-12-11-18-49-23-32)65-43-39(57)34(20-26(2)64-43)53(8)19-17-31-24-54(52-50-31)35(22-47)38(56)30-13-15-33(16-14-30)68(10,61)62/h13-16,24-29,32,34-35,38-41,43-44,49,56-58,60H,11-12,17-23H2,1-10H3/b51-36+/t25-,26-,27+,28+,29-,32-,34+,35-,38-,39-,40-,41-,43+,44+,45-,46+/m1/s1. The van der Waals surface area contributed by atoms with Gasteiger partial charge in [0.2, 0.25) is 0 Å². The summed E-state index contributed by atoms with van der Waals surface area (Å²) in [5.74, 6) is -5.13. The van der Waals surface area contributed by atoms with Crippen molar-refractivity contribution >= 4 is 49.9 Å². The van der Waals surface area contributed by atoms with Gasteiger partial charge in [-0.2, -0.15) is 0 Å². The lowest BCUT2D eigenvalue weighted by Gasteiger charge is -2.47. The summed E-state index contributed by atoms with van der Waals surface area (Å²) >= 11 is 1.75. The summed E-state index contributed by atoms with van der Waals surface area (Å²) in [7, 11) is -0.163. The number of carbonyl (C=O) groups excluding carboxylic acids is 2. The number of esters is 1. The number of methoxy groups -OCH3 is 1. The van der Waals surface area contributed by atoms with Crippen molar-refractivity contribution in [2.75, 3.05) is 46.7 Å². The van der Waals surface area contributed by atoms with Gasteiger partial charge in [-0.25, -0.2) is 17.5 Å². The number of sulfone groups is 1. The second kappa shape index (κ2) is 23.6. The van der Waals surface area contributed by atoms with Gasteiger partial charge in [-0.3, -0.25) is 9.59 Å².